The predicted molar refractivity (Wildman–Crippen MR) is 119 cm³/mol. The number of rotatable bonds is 6. The summed E-state index contributed by atoms with van der Waals surface area (Å²) in [5, 5.41) is 8.03. The van der Waals surface area contributed by atoms with Crippen molar-refractivity contribution < 1.29 is 23.2 Å². The number of hydrogen-bond acceptors (Lipinski definition) is 7. The summed E-state index contributed by atoms with van der Waals surface area (Å²) in [6.07, 6.45) is 8.10. The standard InChI is InChI=1S/C24H22N2O5S/c27-21(15-31-22(28)14-18-7-4-12-32-18)26-24(20-9-3-11-30-20)19-8-1-5-16(23(19)25-26)13-17-6-2-10-29-17/h2-4,6-7,9-13,19,24H,1,5,8,14-15H2/b16-13-. The lowest BCUT2D eigenvalue weighted by Gasteiger charge is -2.27. The first kappa shape index (κ1) is 20.5. The quantitative estimate of drug-likeness (QED) is 0.502. The highest BCUT2D eigenvalue weighted by Gasteiger charge is 2.45. The van der Waals surface area contributed by atoms with Crippen molar-refractivity contribution in [1.82, 2.24) is 5.01 Å². The molecule has 0 bridgehead atoms. The highest BCUT2D eigenvalue weighted by molar-refractivity contribution is 7.10. The minimum atomic E-state index is -0.432. The first-order valence-corrected chi connectivity index (χ1v) is 11.4. The molecule has 7 nitrogen and oxygen atoms in total. The lowest BCUT2D eigenvalue weighted by atomic mass is 9.79. The molecule has 3 aromatic rings. The fourth-order valence-electron chi connectivity index (χ4n) is 4.31. The normalized spacial score (nSPS) is 21.4. The van der Waals surface area contributed by atoms with Gasteiger partial charge in [-0.1, -0.05) is 6.07 Å². The zero-order valence-electron chi connectivity index (χ0n) is 17.3. The number of carbonyl (C=O) groups excluding carboxylic acids is 2. The Labute approximate surface area is 189 Å². The molecular weight excluding hydrogens is 428 g/mol. The smallest absolute Gasteiger partial charge is 0.311 e. The zero-order chi connectivity index (χ0) is 21.9. The Morgan fingerprint density at radius 2 is 2.06 bits per heavy atom. The largest absolute Gasteiger partial charge is 0.467 e. The third-order valence-electron chi connectivity index (χ3n) is 5.71. The Morgan fingerprint density at radius 1 is 1.19 bits per heavy atom. The second-order valence-electron chi connectivity index (χ2n) is 7.78. The first-order chi connectivity index (χ1) is 15.7. The molecule has 1 fully saturated rings. The van der Waals surface area contributed by atoms with Crippen molar-refractivity contribution in [3.8, 4) is 0 Å². The number of thiophene rings is 1. The van der Waals surface area contributed by atoms with Crippen molar-refractivity contribution in [3.05, 3.63) is 76.3 Å². The number of allylic oxidation sites excluding steroid dienone is 1. The second-order valence-corrected chi connectivity index (χ2v) is 8.82. The maximum atomic E-state index is 13.1. The second kappa shape index (κ2) is 9.00. The molecule has 32 heavy (non-hydrogen) atoms. The molecule has 2 aliphatic rings. The summed E-state index contributed by atoms with van der Waals surface area (Å²) in [5.74, 6) is 0.640. The molecule has 1 saturated carbocycles. The van der Waals surface area contributed by atoms with Crippen molar-refractivity contribution in [2.75, 3.05) is 6.61 Å². The third-order valence-corrected chi connectivity index (χ3v) is 6.58. The molecule has 3 aromatic heterocycles. The van der Waals surface area contributed by atoms with Gasteiger partial charge in [0.1, 0.15) is 17.6 Å². The molecule has 1 amide bonds. The molecule has 0 radical (unpaired) electrons. The number of nitrogens with zero attached hydrogens (tertiary/aromatic N) is 2. The van der Waals surface area contributed by atoms with Gasteiger partial charge in [-0.05, 0) is 66.6 Å². The van der Waals surface area contributed by atoms with E-state index in [0.717, 1.165) is 41.2 Å². The van der Waals surface area contributed by atoms with Gasteiger partial charge in [0.25, 0.3) is 5.91 Å². The monoisotopic (exact) mass is 450 g/mol. The van der Waals surface area contributed by atoms with Gasteiger partial charge in [0.05, 0.1) is 24.7 Å². The molecule has 8 heteroatoms. The van der Waals surface area contributed by atoms with Crippen LogP contribution in [0.15, 0.2) is 73.8 Å². The first-order valence-electron chi connectivity index (χ1n) is 10.6. The Kier molecular flexibility index (Phi) is 5.77. The van der Waals surface area contributed by atoms with Crippen molar-refractivity contribution >= 4 is 35.0 Å². The molecule has 164 valence electrons. The van der Waals surface area contributed by atoms with Crippen LogP contribution in [0.3, 0.4) is 0 Å². The average Bonchev–Trinajstić information content (AvgIpc) is 3.59. The van der Waals surface area contributed by atoms with Crippen LogP contribution in [0.4, 0.5) is 0 Å². The Morgan fingerprint density at radius 3 is 2.81 bits per heavy atom. The summed E-state index contributed by atoms with van der Waals surface area (Å²) < 4.78 is 16.4. The fraction of sp³-hybridized carbons (Fsp3) is 0.292. The van der Waals surface area contributed by atoms with Crippen molar-refractivity contribution in [2.24, 2.45) is 11.0 Å². The van der Waals surface area contributed by atoms with Crippen LogP contribution in [0.25, 0.3) is 6.08 Å². The van der Waals surface area contributed by atoms with Crippen LogP contribution < -0.4 is 0 Å². The Balaban J connectivity index is 1.37. The van der Waals surface area contributed by atoms with Gasteiger partial charge in [0, 0.05) is 10.8 Å². The summed E-state index contributed by atoms with van der Waals surface area (Å²) in [4.78, 5) is 26.1. The zero-order valence-corrected chi connectivity index (χ0v) is 18.1. The molecule has 5 rings (SSSR count). The van der Waals surface area contributed by atoms with Crippen LogP contribution >= 0.6 is 11.3 Å². The number of carbonyl (C=O) groups is 2. The van der Waals surface area contributed by atoms with Gasteiger partial charge < -0.3 is 13.6 Å². The maximum Gasteiger partial charge on any atom is 0.311 e. The minimum Gasteiger partial charge on any atom is -0.467 e. The molecule has 0 spiro atoms. The van der Waals surface area contributed by atoms with Gasteiger partial charge in [-0.25, -0.2) is 5.01 Å². The molecule has 4 heterocycles. The molecule has 1 aliphatic heterocycles. The maximum absolute atomic E-state index is 13.1. The van der Waals surface area contributed by atoms with Crippen LogP contribution in [-0.2, 0) is 20.7 Å². The molecule has 1 aliphatic carbocycles. The van der Waals surface area contributed by atoms with E-state index in [1.165, 1.54) is 16.3 Å². The van der Waals surface area contributed by atoms with Crippen LogP contribution in [0.5, 0.6) is 0 Å². The fourth-order valence-corrected chi connectivity index (χ4v) is 5.00. The lowest BCUT2D eigenvalue weighted by molar-refractivity contribution is -0.152. The third kappa shape index (κ3) is 4.18. The van der Waals surface area contributed by atoms with E-state index in [-0.39, 0.29) is 30.9 Å². The summed E-state index contributed by atoms with van der Waals surface area (Å²) >= 11 is 1.48. The molecule has 0 saturated heterocycles. The van der Waals surface area contributed by atoms with Crippen molar-refractivity contribution in [3.63, 3.8) is 0 Å². The van der Waals surface area contributed by atoms with Gasteiger partial charge in [-0.2, -0.15) is 5.10 Å². The summed E-state index contributed by atoms with van der Waals surface area (Å²) in [5.41, 5.74) is 1.92. The highest BCUT2D eigenvalue weighted by Crippen LogP contribution is 2.44. The Hall–Kier alpha value is -3.39. The molecule has 0 aromatic carbocycles. The lowest BCUT2D eigenvalue weighted by Crippen LogP contribution is -2.34. The van der Waals surface area contributed by atoms with Gasteiger partial charge in [-0.15, -0.1) is 11.3 Å². The van der Waals surface area contributed by atoms with E-state index < -0.39 is 5.97 Å². The van der Waals surface area contributed by atoms with Crippen LogP contribution in [0.2, 0.25) is 0 Å². The SMILES string of the molecule is O=C(Cc1cccs1)OCC(=O)N1N=C2/C(=C\c3ccco3)CCCC2C1c1ccco1. The number of hydrogen-bond donors (Lipinski definition) is 0. The van der Waals surface area contributed by atoms with E-state index in [9.17, 15) is 9.59 Å². The van der Waals surface area contributed by atoms with Gasteiger partial charge in [0.2, 0.25) is 0 Å². The van der Waals surface area contributed by atoms with E-state index in [0.29, 0.717) is 5.76 Å². The van der Waals surface area contributed by atoms with Gasteiger partial charge in [0.15, 0.2) is 6.61 Å². The highest BCUT2D eigenvalue weighted by atomic mass is 32.1. The van der Waals surface area contributed by atoms with E-state index in [1.807, 2.05) is 41.8 Å². The number of fused-ring (bicyclic) bond motifs is 1. The summed E-state index contributed by atoms with van der Waals surface area (Å²) in [6, 6.07) is 10.8. The van der Waals surface area contributed by atoms with Crippen molar-refractivity contribution in [2.45, 2.75) is 31.7 Å². The van der Waals surface area contributed by atoms with Crippen LogP contribution in [0.1, 0.15) is 41.7 Å². The minimum absolute atomic E-state index is 0.0156. The predicted octanol–water partition coefficient (Wildman–Crippen LogP) is 4.84. The number of hydrazone groups is 1. The van der Waals surface area contributed by atoms with Gasteiger partial charge in [-0.3, -0.25) is 9.59 Å². The van der Waals surface area contributed by atoms with E-state index >= 15 is 0 Å². The number of amides is 1. The average molecular weight is 451 g/mol. The van der Waals surface area contributed by atoms with Crippen molar-refractivity contribution in [1.29, 1.82) is 0 Å². The topological polar surface area (TPSA) is 85.3 Å². The van der Waals surface area contributed by atoms with Gasteiger partial charge >= 0.3 is 5.97 Å². The number of ether oxygens (including phenoxy) is 1. The van der Waals surface area contributed by atoms with E-state index in [2.05, 4.69) is 0 Å². The number of furan rings is 2. The van der Waals surface area contributed by atoms with E-state index in [1.54, 1.807) is 18.6 Å². The van der Waals surface area contributed by atoms with Crippen LogP contribution in [-0.4, -0.2) is 29.2 Å². The molecule has 2 unspecified atom stereocenters. The molecule has 2 atom stereocenters. The summed E-state index contributed by atoms with van der Waals surface area (Å²) in [6.45, 7) is -0.359. The molecular formula is C24H22N2O5S. The van der Waals surface area contributed by atoms with E-state index in [4.69, 9.17) is 18.7 Å². The summed E-state index contributed by atoms with van der Waals surface area (Å²) in [7, 11) is 0. The number of esters is 1. The van der Waals surface area contributed by atoms with Crippen LogP contribution in [0, 0.1) is 5.92 Å². The Bertz CT molecular complexity index is 1130. The molecule has 0 N–H and O–H groups in total.